The van der Waals surface area contributed by atoms with Gasteiger partial charge < -0.3 is 20.1 Å². The molecule has 0 fully saturated rings. The molecule has 0 amide bonds. The quantitative estimate of drug-likeness (QED) is 0.456. The molecule has 0 aliphatic heterocycles. The molecular weight excluding hydrogens is 196 g/mol. The molecule has 0 saturated carbocycles. The molecule has 76 valence electrons. The van der Waals surface area contributed by atoms with Gasteiger partial charge in [0.15, 0.2) is 0 Å². The Kier molecular flexibility index (Phi) is 1.49. The summed E-state index contributed by atoms with van der Waals surface area (Å²) in [7, 11) is 0. The summed E-state index contributed by atoms with van der Waals surface area (Å²) in [6.07, 6.45) is 0. The minimum Gasteiger partial charge on any atom is -0.388 e. The van der Waals surface area contributed by atoms with Crippen molar-refractivity contribution in [3.63, 3.8) is 0 Å². The highest BCUT2D eigenvalue weighted by Gasteiger charge is 2.05. The van der Waals surface area contributed by atoms with E-state index in [-0.39, 0.29) is 12.3 Å². The largest absolute Gasteiger partial charge is 0.388 e. The summed E-state index contributed by atoms with van der Waals surface area (Å²) in [5.41, 5.74) is 2.72. The normalized spacial score (nSPS) is 11.5. The standard InChI is InChI=1S/C9H8N4O2/c14-3-8-10-4-1-6-7(2-5(4)11-8)13-9(15)12-6/h1-2,14H,3H2,(H,10,11)(H2,12,13,15). The number of nitrogens with one attached hydrogen (secondary N) is 3. The van der Waals surface area contributed by atoms with Gasteiger partial charge in [0.2, 0.25) is 0 Å². The van der Waals surface area contributed by atoms with Crippen molar-refractivity contribution in [2.75, 3.05) is 0 Å². The van der Waals surface area contributed by atoms with Crippen LogP contribution in [0.15, 0.2) is 16.9 Å². The van der Waals surface area contributed by atoms with Crippen molar-refractivity contribution in [2.24, 2.45) is 0 Å². The second-order valence-electron chi connectivity index (χ2n) is 3.34. The lowest BCUT2D eigenvalue weighted by molar-refractivity contribution is 0.273. The zero-order chi connectivity index (χ0) is 10.4. The Bertz CT molecular complexity index is 637. The fourth-order valence-corrected chi connectivity index (χ4v) is 1.67. The zero-order valence-electron chi connectivity index (χ0n) is 7.66. The minimum atomic E-state index is -0.236. The Morgan fingerprint density at radius 2 is 1.87 bits per heavy atom. The van der Waals surface area contributed by atoms with Crippen LogP contribution < -0.4 is 5.69 Å². The van der Waals surface area contributed by atoms with Gasteiger partial charge in [-0.1, -0.05) is 0 Å². The lowest BCUT2D eigenvalue weighted by atomic mass is 10.3. The molecule has 15 heavy (non-hydrogen) atoms. The van der Waals surface area contributed by atoms with Crippen molar-refractivity contribution in [1.29, 1.82) is 0 Å². The van der Waals surface area contributed by atoms with Crippen LogP contribution >= 0.6 is 0 Å². The number of fused-ring (bicyclic) bond motifs is 2. The lowest BCUT2D eigenvalue weighted by Gasteiger charge is -1.88. The number of aliphatic hydroxyl groups excluding tert-OH is 1. The number of H-pyrrole nitrogens is 3. The summed E-state index contributed by atoms with van der Waals surface area (Å²) >= 11 is 0. The highest BCUT2D eigenvalue weighted by molar-refractivity contribution is 5.91. The minimum absolute atomic E-state index is 0.126. The molecule has 2 heterocycles. The summed E-state index contributed by atoms with van der Waals surface area (Å²) in [5, 5.41) is 8.91. The van der Waals surface area contributed by atoms with Crippen molar-refractivity contribution in [1.82, 2.24) is 19.9 Å². The van der Waals surface area contributed by atoms with E-state index in [2.05, 4.69) is 19.9 Å². The average Bonchev–Trinajstić information content (AvgIpc) is 2.74. The zero-order valence-corrected chi connectivity index (χ0v) is 7.66. The Labute approximate surface area is 83.0 Å². The molecule has 0 unspecified atom stereocenters. The van der Waals surface area contributed by atoms with E-state index in [1.54, 1.807) is 12.1 Å². The maximum atomic E-state index is 11.0. The van der Waals surface area contributed by atoms with Crippen LogP contribution in [-0.2, 0) is 6.61 Å². The number of aliphatic hydroxyl groups is 1. The van der Waals surface area contributed by atoms with Crippen LogP contribution in [-0.4, -0.2) is 25.0 Å². The molecule has 6 heteroatoms. The van der Waals surface area contributed by atoms with Gasteiger partial charge in [-0.15, -0.1) is 0 Å². The second kappa shape index (κ2) is 2.71. The number of aromatic amines is 3. The van der Waals surface area contributed by atoms with Gasteiger partial charge >= 0.3 is 5.69 Å². The van der Waals surface area contributed by atoms with Gasteiger partial charge in [0.05, 0.1) is 22.1 Å². The van der Waals surface area contributed by atoms with Crippen molar-refractivity contribution < 1.29 is 5.11 Å². The monoisotopic (exact) mass is 204 g/mol. The molecule has 0 radical (unpaired) electrons. The molecule has 0 aliphatic rings. The molecular formula is C9H8N4O2. The van der Waals surface area contributed by atoms with Gasteiger partial charge in [0, 0.05) is 0 Å². The number of aromatic nitrogens is 4. The van der Waals surface area contributed by atoms with Crippen molar-refractivity contribution in [2.45, 2.75) is 6.61 Å². The lowest BCUT2D eigenvalue weighted by Crippen LogP contribution is -1.99. The number of hydrogen-bond acceptors (Lipinski definition) is 3. The summed E-state index contributed by atoms with van der Waals surface area (Å²) in [6, 6.07) is 3.55. The van der Waals surface area contributed by atoms with Crippen LogP contribution in [0.25, 0.3) is 22.1 Å². The molecule has 0 atom stereocenters. The van der Waals surface area contributed by atoms with Gasteiger partial charge in [-0.05, 0) is 12.1 Å². The number of benzene rings is 1. The van der Waals surface area contributed by atoms with Crippen LogP contribution in [0.3, 0.4) is 0 Å². The SMILES string of the molecule is O=c1[nH]c2cc3nc(CO)[nH]c3cc2[nH]1. The third-order valence-electron chi connectivity index (χ3n) is 2.32. The van der Waals surface area contributed by atoms with E-state index in [0.29, 0.717) is 11.3 Å². The molecule has 4 N–H and O–H groups in total. The third kappa shape index (κ3) is 1.15. The smallest absolute Gasteiger partial charge is 0.323 e. The van der Waals surface area contributed by atoms with Gasteiger partial charge in [-0.2, -0.15) is 0 Å². The van der Waals surface area contributed by atoms with Crippen LogP contribution in [0, 0.1) is 0 Å². The molecule has 1 aromatic carbocycles. The van der Waals surface area contributed by atoms with Crippen molar-refractivity contribution in [3.05, 3.63) is 28.4 Å². The van der Waals surface area contributed by atoms with Crippen LogP contribution in [0.2, 0.25) is 0 Å². The Hall–Kier alpha value is -2.08. The molecule has 3 aromatic rings. The van der Waals surface area contributed by atoms with Crippen molar-refractivity contribution >= 4 is 22.1 Å². The third-order valence-corrected chi connectivity index (χ3v) is 2.32. The van der Waals surface area contributed by atoms with E-state index in [1.807, 2.05) is 0 Å². The number of nitrogens with zero attached hydrogens (tertiary/aromatic N) is 1. The van der Waals surface area contributed by atoms with E-state index in [9.17, 15) is 4.79 Å². The van der Waals surface area contributed by atoms with E-state index < -0.39 is 0 Å². The number of rotatable bonds is 1. The second-order valence-corrected chi connectivity index (χ2v) is 3.34. The first kappa shape index (κ1) is 8.25. The van der Waals surface area contributed by atoms with Gasteiger partial charge in [-0.3, -0.25) is 0 Å². The summed E-state index contributed by atoms with van der Waals surface area (Å²) in [6.45, 7) is -0.126. The van der Waals surface area contributed by atoms with Gasteiger partial charge in [-0.25, -0.2) is 9.78 Å². The topological polar surface area (TPSA) is 97.6 Å². The molecule has 0 spiro atoms. The van der Waals surface area contributed by atoms with E-state index in [0.717, 1.165) is 16.6 Å². The van der Waals surface area contributed by atoms with Crippen LogP contribution in [0.1, 0.15) is 5.82 Å². The van der Waals surface area contributed by atoms with Gasteiger partial charge in [0.25, 0.3) is 0 Å². The van der Waals surface area contributed by atoms with E-state index in [4.69, 9.17) is 5.11 Å². The molecule has 3 rings (SSSR count). The molecule has 0 bridgehead atoms. The highest BCUT2D eigenvalue weighted by Crippen LogP contribution is 2.17. The maximum absolute atomic E-state index is 11.0. The van der Waals surface area contributed by atoms with Crippen LogP contribution in [0.5, 0.6) is 0 Å². The Balaban J connectivity index is 2.42. The number of hydrogen-bond donors (Lipinski definition) is 4. The average molecular weight is 204 g/mol. The molecule has 0 saturated heterocycles. The van der Waals surface area contributed by atoms with E-state index >= 15 is 0 Å². The first-order chi connectivity index (χ1) is 7.26. The van der Waals surface area contributed by atoms with Crippen LogP contribution in [0.4, 0.5) is 0 Å². The molecule has 0 aliphatic carbocycles. The predicted molar refractivity (Wildman–Crippen MR) is 54.5 cm³/mol. The summed E-state index contributed by atoms with van der Waals surface area (Å²) in [4.78, 5) is 23.4. The maximum Gasteiger partial charge on any atom is 0.323 e. The molecule has 2 aromatic heterocycles. The van der Waals surface area contributed by atoms with Gasteiger partial charge in [0.1, 0.15) is 12.4 Å². The Morgan fingerprint density at radius 1 is 1.13 bits per heavy atom. The van der Waals surface area contributed by atoms with E-state index in [1.165, 1.54) is 0 Å². The fraction of sp³-hybridized carbons (Fsp3) is 0.111. The fourth-order valence-electron chi connectivity index (χ4n) is 1.67. The molecule has 6 nitrogen and oxygen atoms in total. The Morgan fingerprint density at radius 3 is 2.60 bits per heavy atom. The number of imidazole rings is 2. The highest BCUT2D eigenvalue weighted by atomic mass is 16.3. The predicted octanol–water partition coefficient (Wildman–Crippen LogP) is 0.225. The van der Waals surface area contributed by atoms with Crippen molar-refractivity contribution in [3.8, 4) is 0 Å². The first-order valence-electron chi connectivity index (χ1n) is 4.48. The summed E-state index contributed by atoms with van der Waals surface area (Å²) < 4.78 is 0. The first-order valence-corrected chi connectivity index (χ1v) is 4.48. The summed E-state index contributed by atoms with van der Waals surface area (Å²) in [5.74, 6) is 0.514.